The van der Waals surface area contributed by atoms with E-state index in [0.717, 1.165) is 6.07 Å². The van der Waals surface area contributed by atoms with Gasteiger partial charge in [-0.05, 0) is 12.1 Å². The van der Waals surface area contributed by atoms with Crippen LogP contribution in [0.15, 0.2) is 18.2 Å². The Kier molecular flexibility index (Phi) is 3.47. The molecule has 2 rings (SSSR count). The number of nitrogen functional groups attached to an aromatic ring is 1. The van der Waals surface area contributed by atoms with Crippen LogP contribution in [0.4, 0.5) is 19.0 Å². The maximum Gasteiger partial charge on any atom is 0.418 e. The molecule has 8 heteroatoms. The fourth-order valence-electron chi connectivity index (χ4n) is 1.78. The number of aryl methyl sites for hydroxylation is 1. The van der Waals surface area contributed by atoms with Crippen molar-refractivity contribution >= 4 is 22.7 Å². The summed E-state index contributed by atoms with van der Waals surface area (Å²) in [5.74, 6) is -1.20. The smallest absolute Gasteiger partial charge is 0.418 e. The number of nitrogens with two attached hydrogens (primary N) is 1. The summed E-state index contributed by atoms with van der Waals surface area (Å²) in [4.78, 5) is 18.1. The van der Waals surface area contributed by atoms with Crippen molar-refractivity contribution in [3.8, 4) is 0 Å². The first kappa shape index (κ1) is 14.0. The first-order chi connectivity index (χ1) is 9.29. The van der Waals surface area contributed by atoms with Crippen molar-refractivity contribution in [2.45, 2.75) is 19.0 Å². The molecule has 1 aromatic carbocycles. The average molecular weight is 285 g/mol. The lowest BCUT2D eigenvalue weighted by Crippen LogP contribution is -2.10. The van der Waals surface area contributed by atoms with E-state index in [1.807, 2.05) is 0 Å². The molecule has 0 saturated carbocycles. The van der Waals surface area contributed by atoms with Gasteiger partial charge in [-0.2, -0.15) is 13.2 Å². The molecule has 0 atom stereocenters. The Balaban J connectivity index is 2.58. The lowest BCUT2D eigenvalue weighted by atomic mass is 10.1. The molecule has 0 unspecified atom stereocenters. The molecule has 0 spiro atoms. The number of carbonyl (C=O) groups is 1. The minimum Gasteiger partial charge on any atom is -0.481 e. The predicted molar refractivity (Wildman–Crippen MR) is 64.9 cm³/mol. The molecule has 0 aliphatic heterocycles. The molecule has 5 nitrogen and oxygen atoms in total. The molecule has 0 radical (unpaired) electrons. The van der Waals surface area contributed by atoms with Gasteiger partial charge in [0.2, 0.25) is 0 Å². The number of alkyl halides is 3. The monoisotopic (exact) mass is 285 g/mol. The van der Waals surface area contributed by atoms with E-state index in [2.05, 4.69) is 9.97 Å². The number of nitrogens with zero attached hydrogens (tertiary/aromatic N) is 2. The number of anilines is 1. The Hall–Kier alpha value is -2.38. The Morgan fingerprint density at radius 2 is 2.00 bits per heavy atom. The van der Waals surface area contributed by atoms with Gasteiger partial charge in [-0.25, -0.2) is 9.97 Å². The molecule has 0 saturated heterocycles. The van der Waals surface area contributed by atoms with Gasteiger partial charge in [-0.15, -0.1) is 0 Å². The minimum atomic E-state index is -4.57. The summed E-state index contributed by atoms with van der Waals surface area (Å²) in [6.07, 6.45) is -4.93. The molecule has 3 N–H and O–H groups in total. The van der Waals surface area contributed by atoms with Crippen LogP contribution in [0.1, 0.15) is 17.8 Å². The average Bonchev–Trinajstić information content (AvgIpc) is 2.34. The number of halogens is 3. The Morgan fingerprint density at radius 3 is 2.60 bits per heavy atom. The minimum absolute atomic E-state index is 0.0194. The number of carboxylic acids is 1. The van der Waals surface area contributed by atoms with Gasteiger partial charge >= 0.3 is 12.1 Å². The molecule has 0 amide bonds. The highest BCUT2D eigenvalue weighted by Gasteiger charge is 2.33. The van der Waals surface area contributed by atoms with Gasteiger partial charge in [0.05, 0.1) is 17.5 Å². The zero-order chi connectivity index (χ0) is 14.9. The Labute approximate surface area is 111 Å². The number of rotatable bonds is 3. The molecular formula is C12H10F3N3O2. The molecule has 106 valence electrons. The molecule has 2 aromatic rings. The fourth-order valence-corrected chi connectivity index (χ4v) is 1.78. The first-order valence-electron chi connectivity index (χ1n) is 5.63. The van der Waals surface area contributed by atoms with Gasteiger partial charge in [0.25, 0.3) is 0 Å². The number of fused-ring (bicyclic) bond motifs is 1. The van der Waals surface area contributed by atoms with Crippen LogP contribution in [0, 0.1) is 0 Å². The SMILES string of the molecule is Nc1nc(CCC(=O)O)nc2c(C(F)(F)F)cccc12. The number of hydrogen-bond donors (Lipinski definition) is 2. The van der Waals surface area contributed by atoms with Crippen LogP contribution in [0.3, 0.4) is 0 Å². The van der Waals surface area contributed by atoms with Gasteiger partial charge in [0, 0.05) is 11.8 Å². The number of aliphatic carboxylic acids is 1. The standard InChI is InChI=1S/C12H10F3N3O2/c13-12(14,15)7-3-1-2-6-10(7)17-8(18-11(6)16)4-5-9(19)20/h1-3H,4-5H2,(H,19,20)(H2,16,17,18). The van der Waals surface area contributed by atoms with E-state index >= 15 is 0 Å². The topological polar surface area (TPSA) is 89.1 Å². The third-order valence-corrected chi connectivity index (χ3v) is 2.67. The summed E-state index contributed by atoms with van der Waals surface area (Å²) in [7, 11) is 0. The van der Waals surface area contributed by atoms with Gasteiger partial charge < -0.3 is 10.8 Å². The molecule has 20 heavy (non-hydrogen) atoms. The van der Waals surface area contributed by atoms with Crippen molar-refractivity contribution in [3.05, 3.63) is 29.6 Å². The van der Waals surface area contributed by atoms with Crippen LogP contribution in [-0.2, 0) is 17.4 Å². The van der Waals surface area contributed by atoms with E-state index in [9.17, 15) is 18.0 Å². The van der Waals surface area contributed by atoms with Crippen molar-refractivity contribution in [1.29, 1.82) is 0 Å². The van der Waals surface area contributed by atoms with Crippen LogP contribution in [0.5, 0.6) is 0 Å². The zero-order valence-electron chi connectivity index (χ0n) is 10.1. The molecule has 0 aliphatic carbocycles. The van der Waals surface area contributed by atoms with Crippen molar-refractivity contribution in [2.24, 2.45) is 0 Å². The summed E-state index contributed by atoms with van der Waals surface area (Å²) in [6.45, 7) is 0. The van der Waals surface area contributed by atoms with E-state index < -0.39 is 17.7 Å². The highest BCUT2D eigenvalue weighted by Crippen LogP contribution is 2.34. The quantitative estimate of drug-likeness (QED) is 0.902. The van der Waals surface area contributed by atoms with Gasteiger partial charge in [-0.3, -0.25) is 4.79 Å². The van der Waals surface area contributed by atoms with Gasteiger partial charge in [-0.1, -0.05) is 6.07 Å². The van der Waals surface area contributed by atoms with Crippen LogP contribution in [0.25, 0.3) is 10.9 Å². The van der Waals surface area contributed by atoms with Crippen molar-refractivity contribution < 1.29 is 23.1 Å². The summed E-state index contributed by atoms with van der Waals surface area (Å²) < 4.78 is 38.7. The lowest BCUT2D eigenvalue weighted by molar-refractivity contribution is -0.137. The van der Waals surface area contributed by atoms with E-state index in [-0.39, 0.29) is 35.4 Å². The van der Waals surface area contributed by atoms with E-state index in [0.29, 0.717) is 0 Å². The summed E-state index contributed by atoms with van der Waals surface area (Å²) in [6, 6.07) is 3.51. The molecule has 0 bridgehead atoms. The molecule has 0 aliphatic rings. The number of para-hydroxylation sites is 1. The third kappa shape index (κ3) is 2.79. The summed E-state index contributed by atoms with van der Waals surface area (Å²) in [5.41, 5.74) is 4.38. The number of carboxylic acid groups (broad SMARTS) is 1. The summed E-state index contributed by atoms with van der Waals surface area (Å²) in [5, 5.41) is 8.67. The molecule has 0 fully saturated rings. The lowest BCUT2D eigenvalue weighted by Gasteiger charge is -2.11. The van der Waals surface area contributed by atoms with Crippen molar-refractivity contribution in [3.63, 3.8) is 0 Å². The molecular weight excluding hydrogens is 275 g/mol. The second kappa shape index (κ2) is 4.95. The number of hydrogen-bond acceptors (Lipinski definition) is 4. The van der Waals surface area contributed by atoms with Gasteiger partial charge in [0.1, 0.15) is 11.6 Å². The third-order valence-electron chi connectivity index (χ3n) is 2.67. The normalized spacial score (nSPS) is 11.8. The van der Waals surface area contributed by atoms with Crippen LogP contribution >= 0.6 is 0 Å². The maximum atomic E-state index is 12.9. The second-order valence-corrected chi connectivity index (χ2v) is 4.12. The Bertz CT molecular complexity index is 671. The fraction of sp³-hybridized carbons (Fsp3) is 0.250. The predicted octanol–water partition coefficient (Wildman–Crippen LogP) is 2.25. The largest absolute Gasteiger partial charge is 0.481 e. The van der Waals surface area contributed by atoms with Crippen molar-refractivity contribution in [2.75, 3.05) is 5.73 Å². The molecule has 1 heterocycles. The highest BCUT2D eigenvalue weighted by atomic mass is 19.4. The highest BCUT2D eigenvalue weighted by molar-refractivity contribution is 5.90. The van der Waals surface area contributed by atoms with Crippen molar-refractivity contribution in [1.82, 2.24) is 9.97 Å². The van der Waals surface area contributed by atoms with Crippen LogP contribution < -0.4 is 5.73 Å². The van der Waals surface area contributed by atoms with Crippen LogP contribution in [0.2, 0.25) is 0 Å². The first-order valence-corrected chi connectivity index (χ1v) is 5.63. The zero-order valence-corrected chi connectivity index (χ0v) is 10.1. The molecule has 1 aromatic heterocycles. The summed E-state index contributed by atoms with van der Waals surface area (Å²) >= 11 is 0. The Morgan fingerprint density at radius 1 is 1.30 bits per heavy atom. The number of aromatic nitrogens is 2. The van der Waals surface area contributed by atoms with E-state index in [1.54, 1.807) is 0 Å². The van der Waals surface area contributed by atoms with E-state index in [4.69, 9.17) is 10.8 Å². The van der Waals surface area contributed by atoms with E-state index in [1.165, 1.54) is 12.1 Å². The number of benzene rings is 1. The van der Waals surface area contributed by atoms with Gasteiger partial charge in [0.15, 0.2) is 0 Å². The van der Waals surface area contributed by atoms with Crippen LogP contribution in [-0.4, -0.2) is 21.0 Å². The second-order valence-electron chi connectivity index (χ2n) is 4.12. The maximum absolute atomic E-state index is 12.9.